The van der Waals surface area contributed by atoms with Gasteiger partial charge in [-0.05, 0) is 154 Å². The summed E-state index contributed by atoms with van der Waals surface area (Å²) in [6, 6.07) is 0. The topological polar surface area (TPSA) is 108 Å². The molecule has 9 nitrogen and oxygen atoms in total. The lowest BCUT2D eigenvalue weighted by Crippen LogP contribution is -2.37. The first kappa shape index (κ1) is 88.3. The molecule has 0 aliphatic rings. The zero-order valence-electron chi connectivity index (χ0n) is 59.8. The van der Waals surface area contributed by atoms with E-state index >= 15 is 0 Å². The number of likely N-dealkylation sites (N-methyl/N-ethyl adjacent to an activating group) is 1. The Kier molecular flexibility index (Phi) is 67.3. The minimum absolute atomic E-state index is 0.0108. The molecule has 0 aromatic rings. The minimum atomic E-state index is -4.42. The lowest BCUT2D eigenvalue weighted by atomic mass is 10.0. The van der Waals surface area contributed by atoms with Crippen molar-refractivity contribution >= 4 is 19.8 Å². The van der Waals surface area contributed by atoms with Crippen LogP contribution in [0.2, 0.25) is 0 Å². The van der Waals surface area contributed by atoms with E-state index in [2.05, 4.69) is 233 Å². The first-order chi connectivity index (χ1) is 46.0. The smallest absolute Gasteiger partial charge is 0.462 e. The van der Waals surface area contributed by atoms with Crippen LogP contribution in [0.1, 0.15) is 245 Å². The van der Waals surface area contributed by atoms with E-state index in [0.29, 0.717) is 17.4 Å². The number of hydrogen-bond donors (Lipinski definition) is 1. The van der Waals surface area contributed by atoms with Gasteiger partial charge in [0.05, 0.1) is 27.7 Å². The molecular formula is C84H133NO8P+. The van der Waals surface area contributed by atoms with Crippen LogP contribution in [-0.4, -0.2) is 74.9 Å². The molecule has 94 heavy (non-hydrogen) atoms. The van der Waals surface area contributed by atoms with Gasteiger partial charge in [-0.3, -0.25) is 18.6 Å². The van der Waals surface area contributed by atoms with E-state index in [9.17, 15) is 19.0 Å². The van der Waals surface area contributed by atoms with Gasteiger partial charge >= 0.3 is 19.8 Å². The number of quaternary nitrogens is 1. The lowest BCUT2D eigenvalue weighted by Gasteiger charge is -2.24. The van der Waals surface area contributed by atoms with Crippen LogP contribution in [0.25, 0.3) is 0 Å². The zero-order valence-corrected chi connectivity index (χ0v) is 60.7. The summed E-state index contributed by atoms with van der Waals surface area (Å²) < 4.78 is 34.7. The summed E-state index contributed by atoms with van der Waals surface area (Å²) in [7, 11) is 1.42. The third-order valence-corrected chi connectivity index (χ3v) is 15.5. The maximum Gasteiger partial charge on any atom is 0.472 e. The fourth-order valence-electron chi connectivity index (χ4n) is 9.00. The predicted molar refractivity (Wildman–Crippen MR) is 408 cm³/mol. The highest BCUT2D eigenvalue weighted by molar-refractivity contribution is 7.47. The standard InChI is InChI=1S/C84H132NO8P/c1-6-8-10-12-14-16-18-20-22-24-26-28-30-32-34-36-38-39-40-41-42-43-44-45-47-49-51-53-55-57-59-61-63-65-67-69-71-73-75-77-84(87)93-82(81-92-94(88,89)91-79-78-85(3,4)5)80-90-83(86)76-74-72-70-68-66-64-62-60-58-56-54-52-50-48-46-37-35-33-31-29-27-25-23-21-19-17-15-13-11-9-7-2/h8-11,14-17,20-23,26-29,32-35,38-39,41-42,44-46,48-49,51,55,57,61,63,67,69,82H,6-7,12-13,18-19,24-25,30-31,36-37,40,43,47,50,52-54,56,58-60,62,64-66,68,70-81H2,1-5H3/p+1/b10-8-,11-9-,16-14-,17-15-,22-20-,23-21-,28-26-,29-27-,34-32-,35-33-,39-38-,42-41-,45-44-,48-46-,51-49-,57-55-,63-61-,69-67-. The highest BCUT2D eigenvalue weighted by Crippen LogP contribution is 2.43. The number of unbranched alkanes of at least 4 members (excludes halogenated alkanes) is 14. The van der Waals surface area contributed by atoms with E-state index in [-0.39, 0.29) is 32.0 Å². The molecule has 0 aromatic heterocycles. The molecule has 0 aromatic carbocycles. The Morgan fingerprint density at radius 1 is 0.330 bits per heavy atom. The molecule has 0 radical (unpaired) electrons. The highest BCUT2D eigenvalue weighted by atomic mass is 31.2. The quantitative estimate of drug-likeness (QED) is 0.0211. The SMILES string of the molecule is CC/C=C\C/C=C\C/C=C\C/C=C\C/C=C\C/C=C\C/C=C\C/C=C\C/C=C\C/C=C\C/C=C\C/C=C\CCCCC(=O)OC(COC(=O)CCCCCCCCCCCCCC/C=C\C/C=C\C/C=C\C/C=C\C/C=C\C/C=C\CC)COP(=O)(O)OCC[N+](C)(C)C. The van der Waals surface area contributed by atoms with Crippen molar-refractivity contribution in [3.8, 4) is 0 Å². The number of nitrogens with zero attached hydrogens (tertiary/aromatic N) is 1. The summed E-state index contributed by atoms with van der Waals surface area (Å²) in [5.41, 5.74) is 0. The van der Waals surface area contributed by atoms with Gasteiger partial charge in [0.25, 0.3) is 0 Å². The maximum atomic E-state index is 12.9. The summed E-state index contributed by atoms with van der Waals surface area (Å²) in [5, 5.41) is 0. The molecule has 0 spiro atoms. The number of hydrogen-bond acceptors (Lipinski definition) is 7. The third-order valence-electron chi connectivity index (χ3n) is 14.5. The van der Waals surface area contributed by atoms with Gasteiger partial charge in [0.1, 0.15) is 19.8 Å². The number of phosphoric acid groups is 1. The molecule has 0 aliphatic carbocycles. The van der Waals surface area contributed by atoms with Gasteiger partial charge in [0.2, 0.25) is 0 Å². The average molecular weight is 1320 g/mol. The van der Waals surface area contributed by atoms with Gasteiger partial charge in [-0.1, -0.05) is 297 Å². The van der Waals surface area contributed by atoms with Crippen LogP contribution in [0.15, 0.2) is 219 Å². The van der Waals surface area contributed by atoms with Gasteiger partial charge < -0.3 is 18.9 Å². The largest absolute Gasteiger partial charge is 0.472 e. The first-order valence-corrected chi connectivity index (χ1v) is 38.0. The molecule has 2 atom stereocenters. The average Bonchev–Trinajstić information content (AvgIpc) is 1.56. The summed E-state index contributed by atoms with van der Waals surface area (Å²) >= 11 is 0. The number of ether oxygens (including phenoxy) is 2. The summed E-state index contributed by atoms with van der Waals surface area (Å²) in [5.74, 6) is -0.866. The molecule has 0 heterocycles. The highest BCUT2D eigenvalue weighted by Gasteiger charge is 2.27. The van der Waals surface area contributed by atoms with E-state index in [4.69, 9.17) is 18.5 Å². The van der Waals surface area contributed by atoms with Crippen molar-refractivity contribution < 1.29 is 42.1 Å². The molecule has 0 amide bonds. The summed E-state index contributed by atoms with van der Waals surface area (Å²) in [6.07, 6.45) is 115. The Hall–Kier alpha value is -5.67. The van der Waals surface area contributed by atoms with Crippen molar-refractivity contribution in [1.82, 2.24) is 0 Å². The van der Waals surface area contributed by atoms with Crippen molar-refractivity contribution in [2.75, 3.05) is 47.5 Å². The third kappa shape index (κ3) is 75.4. The zero-order chi connectivity index (χ0) is 68.3. The second kappa shape index (κ2) is 71.6. The first-order valence-electron chi connectivity index (χ1n) is 36.5. The number of esters is 2. The van der Waals surface area contributed by atoms with E-state index in [1.807, 2.05) is 21.1 Å². The number of phosphoric ester groups is 1. The van der Waals surface area contributed by atoms with Crippen LogP contribution in [0.5, 0.6) is 0 Å². The molecule has 0 fully saturated rings. The predicted octanol–water partition coefficient (Wildman–Crippen LogP) is 24.4. The Labute approximate surface area is 576 Å². The second-order valence-electron chi connectivity index (χ2n) is 24.5. The number of rotatable bonds is 64. The second-order valence-corrected chi connectivity index (χ2v) is 26.0. The molecule has 0 bridgehead atoms. The van der Waals surface area contributed by atoms with Crippen LogP contribution in [0.3, 0.4) is 0 Å². The van der Waals surface area contributed by atoms with E-state index in [1.165, 1.54) is 57.8 Å². The van der Waals surface area contributed by atoms with Gasteiger partial charge in [-0.25, -0.2) is 4.57 Å². The summed E-state index contributed by atoms with van der Waals surface area (Å²) in [4.78, 5) is 35.9. The molecule has 0 saturated heterocycles. The number of carbonyl (C=O) groups excluding carboxylic acids is 2. The van der Waals surface area contributed by atoms with Crippen molar-refractivity contribution in [2.45, 2.75) is 251 Å². The van der Waals surface area contributed by atoms with Gasteiger partial charge in [-0.15, -0.1) is 0 Å². The molecular weight excluding hydrogens is 1180 g/mol. The van der Waals surface area contributed by atoms with E-state index in [0.717, 1.165) is 154 Å². The van der Waals surface area contributed by atoms with Crippen LogP contribution >= 0.6 is 7.82 Å². The van der Waals surface area contributed by atoms with Gasteiger partial charge in [0.15, 0.2) is 6.10 Å². The normalized spacial score (nSPS) is 14.4. The molecule has 2 unspecified atom stereocenters. The van der Waals surface area contributed by atoms with Crippen molar-refractivity contribution in [1.29, 1.82) is 0 Å². The minimum Gasteiger partial charge on any atom is -0.462 e. The van der Waals surface area contributed by atoms with Crippen molar-refractivity contribution in [3.63, 3.8) is 0 Å². The Morgan fingerprint density at radius 3 is 0.872 bits per heavy atom. The molecule has 0 aliphatic heterocycles. The van der Waals surface area contributed by atoms with Crippen molar-refractivity contribution in [2.24, 2.45) is 0 Å². The van der Waals surface area contributed by atoms with E-state index < -0.39 is 26.5 Å². The Balaban J connectivity index is 4.21. The molecule has 10 heteroatoms. The molecule has 1 N–H and O–H groups in total. The van der Waals surface area contributed by atoms with Crippen LogP contribution in [0.4, 0.5) is 0 Å². The lowest BCUT2D eigenvalue weighted by molar-refractivity contribution is -0.870. The molecule has 0 saturated carbocycles. The fraction of sp³-hybridized carbons (Fsp3) is 0.548. The van der Waals surface area contributed by atoms with E-state index in [1.54, 1.807) is 0 Å². The molecule has 0 rings (SSSR count). The van der Waals surface area contributed by atoms with Gasteiger partial charge in [0, 0.05) is 12.8 Å². The number of carbonyl (C=O) groups is 2. The summed E-state index contributed by atoms with van der Waals surface area (Å²) in [6.45, 7) is 4.13. The van der Waals surface area contributed by atoms with Crippen molar-refractivity contribution in [3.05, 3.63) is 219 Å². The van der Waals surface area contributed by atoms with Crippen LogP contribution in [-0.2, 0) is 32.7 Å². The monoisotopic (exact) mass is 1310 g/mol. The maximum absolute atomic E-state index is 12.9. The Bertz CT molecular complexity index is 2390. The molecule has 526 valence electrons. The van der Waals surface area contributed by atoms with Crippen LogP contribution in [0, 0.1) is 0 Å². The number of allylic oxidation sites excluding steroid dienone is 36. The Morgan fingerprint density at radius 2 is 0.574 bits per heavy atom. The van der Waals surface area contributed by atoms with Crippen LogP contribution < -0.4 is 0 Å². The fourth-order valence-corrected chi connectivity index (χ4v) is 9.74. The van der Waals surface area contributed by atoms with Gasteiger partial charge in [-0.2, -0.15) is 0 Å².